The zero-order chi connectivity index (χ0) is 14.2. The van der Waals surface area contributed by atoms with Gasteiger partial charge in [-0.15, -0.1) is 0 Å². The molecule has 4 rings (SSSR count). The third-order valence-electron chi connectivity index (χ3n) is 4.76. The summed E-state index contributed by atoms with van der Waals surface area (Å²) < 4.78 is 5.41. The number of rotatable bonds is 3. The van der Waals surface area contributed by atoms with Crippen molar-refractivity contribution in [1.29, 1.82) is 5.26 Å². The number of benzene rings is 1. The number of morpholine rings is 1. The second-order valence-electron chi connectivity index (χ2n) is 6.13. The fourth-order valence-corrected chi connectivity index (χ4v) is 3.46. The average molecular weight is 281 g/mol. The molecule has 2 aromatic rings. The van der Waals surface area contributed by atoms with Crippen molar-refractivity contribution in [3.8, 4) is 6.07 Å². The van der Waals surface area contributed by atoms with E-state index in [1.807, 2.05) is 18.2 Å². The van der Waals surface area contributed by atoms with Crippen LogP contribution in [0.3, 0.4) is 0 Å². The minimum atomic E-state index is 0.649. The minimum absolute atomic E-state index is 0.649. The molecule has 0 bridgehead atoms. The summed E-state index contributed by atoms with van der Waals surface area (Å²) in [7, 11) is 0. The Labute approximate surface area is 124 Å². The number of aromatic nitrogens is 1. The summed E-state index contributed by atoms with van der Waals surface area (Å²) in [6.45, 7) is 5.05. The SMILES string of the molecule is N#Cc1ccc2[nH]cc(C3CC3CN3CCOCC3)c2c1. The van der Waals surface area contributed by atoms with Crippen molar-refractivity contribution in [2.75, 3.05) is 32.8 Å². The molecular weight excluding hydrogens is 262 g/mol. The standard InChI is InChI=1S/C17H19N3O/c18-9-12-1-2-17-15(7-12)16(10-19-17)14-8-13(14)11-20-3-5-21-6-4-20/h1-2,7,10,13-14,19H,3-6,8,11H2. The minimum Gasteiger partial charge on any atom is -0.379 e. The van der Waals surface area contributed by atoms with Gasteiger partial charge in [-0.1, -0.05) is 0 Å². The van der Waals surface area contributed by atoms with Crippen LogP contribution in [-0.4, -0.2) is 42.7 Å². The number of aromatic amines is 1. The van der Waals surface area contributed by atoms with Crippen LogP contribution in [0.5, 0.6) is 0 Å². The fourth-order valence-electron chi connectivity index (χ4n) is 3.46. The van der Waals surface area contributed by atoms with E-state index in [2.05, 4.69) is 22.1 Å². The van der Waals surface area contributed by atoms with Gasteiger partial charge in [0.2, 0.25) is 0 Å². The zero-order valence-electron chi connectivity index (χ0n) is 12.0. The van der Waals surface area contributed by atoms with Crippen LogP contribution in [-0.2, 0) is 4.74 Å². The topological polar surface area (TPSA) is 52.0 Å². The maximum Gasteiger partial charge on any atom is 0.0991 e. The van der Waals surface area contributed by atoms with E-state index < -0.39 is 0 Å². The summed E-state index contributed by atoms with van der Waals surface area (Å²) in [6, 6.07) is 8.14. The molecule has 2 heterocycles. The van der Waals surface area contributed by atoms with Crippen molar-refractivity contribution in [2.45, 2.75) is 12.3 Å². The molecule has 1 aliphatic heterocycles. The highest BCUT2D eigenvalue weighted by Crippen LogP contribution is 2.50. The van der Waals surface area contributed by atoms with Gasteiger partial charge in [-0.2, -0.15) is 5.26 Å². The van der Waals surface area contributed by atoms with Crippen LogP contribution in [0.4, 0.5) is 0 Å². The number of ether oxygens (including phenoxy) is 1. The maximum absolute atomic E-state index is 9.07. The third kappa shape index (κ3) is 2.44. The molecule has 0 spiro atoms. The lowest BCUT2D eigenvalue weighted by atomic mass is 10.1. The first-order valence-corrected chi connectivity index (χ1v) is 7.66. The molecular formula is C17H19N3O. The van der Waals surface area contributed by atoms with Gasteiger partial charge in [-0.05, 0) is 42.0 Å². The maximum atomic E-state index is 9.07. The van der Waals surface area contributed by atoms with Crippen LogP contribution < -0.4 is 0 Å². The van der Waals surface area contributed by atoms with Gasteiger partial charge >= 0.3 is 0 Å². The number of H-pyrrole nitrogens is 1. The van der Waals surface area contributed by atoms with Crippen LogP contribution in [0.25, 0.3) is 10.9 Å². The van der Waals surface area contributed by atoms with Crippen LogP contribution in [0.15, 0.2) is 24.4 Å². The molecule has 2 atom stereocenters. The van der Waals surface area contributed by atoms with Crippen molar-refractivity contribution in [2.24, 2.45) is 5.92 Å². The van der Waals surface area contributed by atoms with Crippen LogP contribution in [0.2, 0.25) is 0 Å². The van der Waals surface area contributed by atoms with Crippen molar-refractivity contribution >= 4 is 10.9 Å². The van der Waals surface area contributed by atoms with E-state index in [0.717, 1.165) is 43.3 Å². The second kappa shape index (κ2) is 5.18. The lowest BCUT2D eigenvalue weighted by molar-refractivity contribution is 0.0356. The van der Waals surface area contributed by atoms with E-state index in [1.54, 1.807) is 0 Å². The highest BCUT2D eigenvalue weighted by molar-refractivity contribution is 5.85. The van der Waals surface area contributed by atoms with Crippen molar-refractivity contribution in [3.63, 3.8) is 0 Å². The number of nitrogens with zero attached hydrogens (tertiary/aromatic N) is 2. The summed E-state index contributed by atoms with van der Waals surface area (Å²) in [5.41, 5.74) is 3.27. The molecule has 1 aromatic carbocycles. The first kappa shape index (κ1) is 12.9. The molecule has 108 valence electrons. The molecule has 1 N–H and O–H groups in total. The van der Waals surface area contributed by atoms with E-state index in [0.29, 0.717) is 5.92 Å². The Morgan fingerprint density at radius 2 is 2.19 bits per heavy atom. The van der Waals surface area contributed by atoms with Gasteiger partial charge in [0.1, 0.15) is 0 Å². The number of fused-ring (bicyclic) bond motifs is 1. The van der Waals surface area contributed by atoms with E-state index in [9.17, 15) is 0 Å². The summed E-state index contributed by atoms with van der Waals surface area (Å²) >= 11 is 0. The van der Waals surface area contributed by atoms with Gasteiger partial charge in [0, 0.05) is 36.7 Å². The Morgan fingerprint density at radius 3 is 3.00 bits per heavy atom. The predicted molar refractivity (Wildman–Crippen MR) is 81.1 cm³/mol. The Morgan fingerprint density at radius 1 is 1.33 bits per heavy atom. The summed E-state index contributed by atoms with van der Waals surface area (Å²) in [5, 5.41) is 10.3. The Balaban J connectivity index is 1.51. The Hall–Kier alpha value is -1.83. The molecule has 0 radical (unpaired) electrons. The van der Waals surface area contributed by atoms with E-state index >= 15 is 0 Å². The van der Waals surface area contributed by atoms with Crippen LogP contribution >= 0.6 is 0 Å². The molecule has 2 unspecified atom stereocenters. The molecule has 4 heteroatoms. The van der Waals surface area contributed by atoms with Gasteiger partial charge in [-0.25, -0.2) is 0 Å². The quantitative estimate of drug-likeness (QED) is 0.940. The van der Waals surface area contributed by atoms with Gasteiger partial charge in [-0.3, -0.25) is 4.90 Å². The average Bonchev–Trinajstić information content (AvgIpc) is 3.15. The largest absolute Gasteiger partial charge is 0.379 e. The Kier molecular flexibility index (Phi) is 3.17. The van der Waals surface area contributed by atoms with Crippen molar-refractivity contribution in [1.82, 2.24) is 9.88 Å². The number of hydrogen-bond donors (Lipinski definition) is 1. The van der Waals surface area contributed by atoms with Crippen molar-refractivity contribution < 1.29 is 4.74 Å². The smallest absolute Gasteiger partial charge is 0.0991 e. The van der Waals surface area contributed by atoms with Crippen LogP contribution in [0, 0.1) is 17.2 Å². The molecule has 2 fully saturated rings. The molecule has 21 heavy (non-hydrogen) atoms. The molecule has 1 saturated heterocycles. The molecule has 1 aliphatic carbocycles. The lowest BCUT2D eigenvalue weighted by Crippen LogP contribution is -2.37. The van der Waals surface area contributed by atoms with Crippen molar-refractivity contribution in [3.05, 3.63) is 35.5 Å². The van der Waals surface area contributed by atoms with Crippen LogP contribution in [0.1, 0.15) is 23.5 Å². The summed E-state index contributed by atoms with van der Waals surface area (Å²) in [4.78, 5) is 5.86. The highest BCUT2D eigenvalue weighted by Gasteiger charge is 2.40. The zero-order valence-corrected chi connectivity index (χ0v) is 12.0. The molecule has 1 aromatic heterocycles. The third-order valence-corrected chi connectivity index (χ3v) is 4.76. The van der Waals surface area contributed by atoms with E-state index in [1.165, 1.54) is 23.9 Å². The lowest BCUT2D eigenvalue weighted by Gasteiger charge is -2.26. The van der Waals surface area contributed by atoms with Gasteiger partial charge in [0.25, 0.3) is 0 Å². The van der Waals surface area contributed by atoms with E-state index in [-0.39, 0.29) is 0 Å². The first-order chi connectivity index (χ1) is 10.3. The first-order valence-electron chi connectivity index (χ1n) is 7.66. The number of nitriles is 1. The van der Waals surface area contributed by atoms with E-state index in [4.69, 9.17) is 10.00 Å². The predicted octanol–water partition coefficient (Wildman–Crippen LogP) is 2.48. The molecule has 1 saturated carbocycles. The highest BCUT2D eigenvalue weighted by atomic mass is 16.5. The fraction of sp³-hybridized carbons (Fsp3) is 0.471. The summed E-state index contributed by atoms with van der Waals surface area (Å²) in [5.74, 6) is 1.41. The van der Waals surface area contributed by atoms with Gasteiger partial charge < -0.3 is 9.72 Å². The Bertz CT molecular complexity index is 694. The molecule has 4 nitrogen and oxygen atoms in total. The molecule has 2 aliphatic rings. The van der Waals surface area contributed by atoms with Gasteiger partial charge in [0.15, 0.2) is 0 Å². The van der Waals surface area contributed by atoms with Gasteiger partial charge in [0.05, 0.1) is 24.8 Å². The number of hydrogen-bond acceptors (Lipinski definition) is 3. The monoisotopic (exact) mass is 281 g/mol. The second-order valence-corrected chi connectivity index (χ2v) is 6.13. The molecule has 0 amide bonds. The summed E-state index contributed by atoms with van der Waals surface area (Å²) in [6.07, 6.45) is 3.40. The normalized spacial score (nSPS) is 25.9. The number of nitrogens with one attached hydrogen (secondary N) is 1.